The molecule has 100 valence electrons. The van der Waals surface area contributed by atoms with E-state index >= 15 is 0 Å². The molecule has 1 aromatic heterocycles. The van der Waals surface area contributed by atoms with E-state index in [1.807, 2.05) is 44.2 Å². The second kappa shape index (κ2) is 5.98. The van der Waals surface area contributed by atoms with Gasteiger partial charge < -0.3 is 4.90 Å². The van der Waals surface area contributed by atoms with Crippen LogP contribution in [0.5, 0.6) is 0 Å². The fourth-order valence-corrected chi connectivity index (χ4v) is 2.01. The van der Waals surface area contributed by atoms with Crippen molar-refractivity contribution in [1.82, 2.24) is 4.98 Å². The van der Waals surface area contributed by atoms with Crippen LogP contribution in [0.2, 0.25) is 0 Å². The quantitative estimate of drug-likeness (QED) is 0.857. The summed E-state index contributed by atoms with van der Waals surface area (Å²) in [5.74, 6) is -0.161. The molecule has 0 unspecified atom stereocenters. The third-order valence-electron chi connectivity index (χ3n) is 3.08. The molecule has 0 atom stereocenters. The Balaban J connectivity index is 2.34. The summed E-state index contributed by atoms with van der Waals surface area (Å²) in [4.78, 5) is 18.3. The highest BCUT2D eigenvalue weighted by molar-refractivity contribution is 6.05. The zero-order valence-electron chi connectivity index (χ0n) is 11.5. The highest BCUT2D eigenvalue weighted by Crippen LogP contribution is 2.20. The minimum atomic E-state index is -0.161. The zero-order chi connectivity index (χ0) is 14.5. The predicted molar refractivity (Wildman–Crippen MR) is 77.5 cm³/mol. The maximum atomic E-state index is 12.5. The standard InChI is InChI=1S/C16H15N3O/c1-3-19(15-7-5-4-6-12(15)2)16(20)14-9-8-13(10-17)11-18-14/h4-9,11H,3H2,1-2H3. The summed E-state index contributed by atoms with van der Waals surface area (Å²) in [5.41, 5.74) is 2.71. The molecule has 2 rings (SSSR count). The van der Waals surface area contributed by atoms with Gasteiger partial charge in [-0.25, -0.2) is 4.98 Å². The van der Waals surface area contributed by atoms with Crippen molar-refractivity contribution >= 4 is 11.6 Å². The molecule has 0 aliphatic carbocycles. The van der Waals surface area contributed by atoms with Gasteiger partial charge >= 0.3 is 0 Å². The first kappa shape index (κ1) is 13.8. The van der Waals surface area contributed by atoms with Crippen molar-refractivity contribution in [3.05, 3.63) is 59.4 Å². The highest BCUT2D eigenvalue weighted by atomic mass is 16.2. The van der Waals surface area contributed by atoms with Gasteiger partial charge in [0.15, 0.2) is 0 Å². The molecule has 0 saturated heterocycles. The molecule has 0 aliphatic heterocycles. The maximum Gasteiger partial charge on any atom is 0.276 e. The van der Waals surface area contributed by atoms with Gasteiger partial charge in [0.1, 0.15) is 11.8 Å². The van der Waals surface area contributed by atoms with Crippen LogP contribution in [0.3, 0.4) is 0 Å². The number of amides is 1. The van der Waals surface area contributed by atoms with Crippen LogP contribution in [-0.2, 0) is 0 Å². The second-order valence-electron chi connectivity index (χ2n) is 4.38. The summed E-state index contributed by atoms with van der Waals surface area (Å²) >= 11 is 0. The number of nitrogens with zero attached hydrogens (tertiary/aromatic N) is 3. The van der Waals surface area contributed by atoms with Crippen molar-refractivity contribution in [2.75, 3.05) is 11.4 Å². The SMILES string of the molecule is CCN(C(=O)c1ccc(C#N)cn1)c1ccccc1C. The second-order valence-corrected chi connectivity index (χ2v) is 4.38. The van der Waals surface area contributed by atoms with Crippen LogP contribution < -0.4 is 4.90 Å². The Hall–Kier alpha value is -2.67. The number of aryl methyl sites for hydroxylation is 1. The normalized spacial score (nSPS) is 9.85. The molecule has 0 aliphatic rings. The average molecular weight is 265 g/mol. The van der Waals surface area contributed by atoms with Crippen molar-refractivity contribution in [2.45, 2.75) is 13.8 Å². The summed E-state index contributed by atoms with van der Waals surface area (Å²) in [7, 11) is 0. The van der Waals surface area contributed by atoms with Crippen LogP contribution in [0, 0.1) is 18.3 Å². The Morgan fingerprint density at radius 3 is 2.60 bits per heavy atom. The maximum absolute atomic E-state index is 12.5. The molecule has 4 heteroatoms. The van der Waals surface area contributed by atoms with Crippen molar-refractivity contribution in [1.29, 1.82) is 5.26 Å². The van der Waals surface area contributed by atoms with E-state index in [2.05, 4.69) is 4.98 Å². The smallest absolute Gasteiger partial charge is 0.276 e. The van der Waals surface area contributed by atoms with Gasteiger partial charge in [-0.05, 0) is 37.6 Å². The Bertz CT molecular complexity index is 656. The molecule has 0 spiro atoms. The predicted octanol–water partition coefficient (Wildman–Crippen LogP) is 2.93. The molecular weight excluding hydrogens is 250 g/mol. The molecule has 0 bridgehead atoms. The van der Waals surface area contributed by atoms with E-state index in [0.29, 0.717) is 17.8 Å². The third-order valence-corrected chi connectivity index (χ3v) is 3.08. The van der Waals surface area contributed by atoms with Crippen molar-refractivity contribution in [3.63, 3.8) is 0 Å². The van der Waals surface area contributed by atoms with Gasteiger partial charge in [-0.2, -0.15) is 5.26 Å². The molecule has 0 saturated carbocycles. The van der Waals surface area contributed by atoms with Crippen LogP contribution in [0.25, 0.3) is 0 Å². The number of carbonyl (C=O) groups excluding carboxylic acids is 1. The minimum Gasteiger partial charge on any atom is -0.307 e. The summed E-state index contributed by atoms with van der Waals surface area (Å²) in [6.45, 7) is 4.46. The molecule has 2 aromatic rings. The highest BCUT2D eigenvalue weighted by Gasteiger charge is 2.18. The van der Waals surface area contributed by atoms with E-state index in [1.165, 1.54) is 6.20 Å². The summed E-state index contributed by atoms with van der Waals surface area (Å²) < 4.78 is 0. The van der Waals surface area contributed by atoms with E-state index in [1.54, 1.807) is 17.0 Å². The lowest BCUT2D eigenvalue weighted by Gasteiger charge is -2.22. The molecule has 4 nitrogen and oxygen atoms in total. The van der Waals surface area contributed by atoms with Gasteiger partial charge in [-0.15, -0.1) is 0 Å². The number of anilines is 1. The van der Waals surface area contributed by atoms with Crippen molar-refractivity contribution < 1.29 is 4.79 Å². The molecule has 20 heavy (non-hydrogen) atoms. The number of hydrogen-bond acceptors (Lipinski definition) is 3. The van der Waals surface area contributed by atoms with Gasteiger partial charge in [0.05, 0.1) is 5.56 Å². The van der Waals surface area contributed by atoms with E-state index in [4.69, 9.17) is 5.26 Å². The van der Waals surface area contributed by atoms with Gasteiger partial charge in [0.25, 0.3) is 5.91 Å². The van der Waals surface area contributed by atoms with Gasteiger partial charge in [0.2, 0.25) is 0 Å². The van der Waals surface area contributed by atoms with Crippen LogP contribution in [0.4, 0.5) is 5.69 Å². The number of pyridine rings is 1. The van der Waals surface area contributed by atoms with Crippen LogP contribution in [0.15, 0.2) is 42.6 Å². The van der Waals surface area contributed by atoms with Crippen molar-refractivity contribution in [2.24, 2.45) is 0 Å². The van der Waals surface area contributed by atoms with Gasteiger partial charge in [-0.3, -0.25) is 4.79 Å². The first-order chi connectivity index (χ1) is 9.67. The third kappa shape index (κ3) is 2.67. The number of nitriles is 1. The largest absolute Gasteiger partial charge is 0.307 e. The van der Waals surface area contributed by atoms with Crippen molar-refractivity contribution in [3.8, 4) is 6.07 Å². The fraction of sp³-hybridized carbons (Fsp3) is 0.188. The van der Waals surface area contributed by atoms with Gasteiger partial charge in [-0.1, -0.05) is 18.2 Å². The van der Waals surface area contributed by atoms with E-state index < -0.39 is 0 Å². The first-order valence-corrected chi connectivity index (χ1v) is 6.41. The zero-order valence-corrected chi connectivity index (χ0v) is 11.5. The Morgan fingerprint density at radius 1 is 1.30 bits per heavy atom. The molecule has 1 heterocycles. The Labute approximate surface area is 118 Å². The molecule has 1 aromatic carbocycles. The van der Waals surface area contributed by atoms with Crippen LogP contribution in [0.1, 0.15) is 28.5 Å². The monoisotopic (exact) mass is 265 g/mol. The van der Waals surface area contributed by atoms with E-state index in [9.17, 15) is 4.79 Å². The minimum absolute atomic E-state index is 0.161. The first-order valence-electron chi connectivity index (χ1n) is 6.41. The fourth-order valence-electron chi connectivity index (χ4n) is 2.01. The lowest BCUT2D eigenvalue weighted by molar-refractivity contribution is 0.0983. The molecular formula is C16H15N3O. The number of carbonyl (C=O) groups is 1. The van der Waals surface area contributed by atoms with Crippen LogP contribution in [-0.4, -0.2) is 17.4 Å². The summed E-state index contributed by atoms with van der Waals surface area (Å²) in [6, 6.07) is 12.9. The number of hydrogen-bond donors (Lipinski definition) is 0. The average Bonchev–Trinajstić information content (AvgIpc) is 2.50. The van der Waals surface area contributed by atoms with E-state index in [-0.39, 0.29) is 5.91 Å². The Morgan fingerprint density at radius 2 is 2.05 bits per heavy atom. The lowest BCUT2D eigenvalue weighted by atomic mass is 10.1. The van der Waals surface area contributed by atoms with E-state index in [0.717, 1.165) is 11.3 Å². The number of rotatable bonds is 3. The summed E-state index contributed by atoms with van der Waals surface area (Å²) in [6.07, 6.45) is 1.42. The Kier molecular flexibility index (Phi) is 4.11. The molecule has 0 radical (unpaired) electrons. The topological polar surface area (TPSA) is 57.0 Å². The van der Waals surface area contributed by atoms with Crippen LogP contribution >= 0.6 is 0 Å². The number of benzene rings is 1. The lowest BCUT2D eigenvalue weighted by Crippen LogP contribution is -2.31. The number of aromatic nitrogens is 1. The summed E-state index contributed by atoms with van der Waals surface area (Å²) in [5, 5.41) is 8.75. The van der Waals surface area contributed by atoms with Gasteiger partial charge in [0, 0.05) is 18.4 Å². The molecule has 0 N–H and O–H groups in total. The number of para-hydroxylation sites is 1. The molecule has 0 fully saturated rings. The molecule has 1 amide bonds.